The second-order valence-electron chi connectivity index (χ2n) is 8.13. The second kappa shape index (κ2) is 11.6. The van der Waals surface area contributed by atoms with Gasteiger partial charge in [0.2, 0.25) is 12.6 Å². The maximum Gasteiger partial charge on any atom is 0.379 e. The number of rotatable bonds is 8. The molecule has 3 aromatic carbocycles. The van der Waals surface area contributed by atoms with Crippen LogP contribution < -0.4 is 25.0 Å². The molecule has 10 nitrogen and oxygen atoms in total. The predicted molar refractivity (Wildman–Crippen MR) is 140 cm³/mol. The highest BCUT2D eigenvalue weighted by atomic mass is 16.7. The van der Waals surface area contributed by atoms with E-state index in [4.69, 9.17) is 18.6 Å². The third kappa shape index (κ3) is 6.38. The molecule has 0 bridgehead atoms. The molecular formula is C29H21N3O7. The summed E-state index contributed by atoms with van der Waals surface area (Å²) in [6, 6.07) is 23.2. The molecule has 0 radical (unpaired) electrons. The standard InChI is InChI=1S/C29H21N3O7/c33-27(21-5-2-1-3-6-21)31-23(15-20-10-13-24-26(16-20)38-18-37-24)28(34)32-30-17-19-8-11-22(12-9-19)39-29(35)25-7-4-14-36-25/h1-17H,18H2,(H,31,33)(H,32,34)/b23-15+,30-17+. The number of carbonyl (C=O) groups excluding carboxylic acids is 3. The molecule has 5 rings (SSSR count). The predicted octanol–water partition coefficient (Wildman–Crippen LogP) is 4.15. The molecule has 0 saturated carbocycles. The van der Waals surface area contributed by atoms with Crippen LogP contribution in [-0.4, -0.2) is 30.8 Å². The molecular weight excluding hydrogens is 502 g/mol. The first-order valence-electron chi connectivity index (χ1n) is 11.7. The average molecular weight is 524 g/mol. The molecule has 2 amide bonds. The van der Waals surface area contributed by atoms with Crippen LogP contribution in [0.25, 0.3) is 6.08 Å². The van der Waals surface area contributed by atoms with Crippen molar-refractivity contribution < 1.29 is 33.0 Å². The number of hydrogen-bond donors (Lipinski definition) is 2. The molecule has 1 aliphatic rings. The Hall–Kier alpha value is -5.64. The molecule has 2 heterocycles. The van der Waals surface area contributed by atoms with Crippen LogP contribution in [0.15, 0.2) is 106 Å². The van der Waals surface area contributed by atoms with E-state index in [0.717, 1.165) is 0 Å². The zero-order valence-corrected chi connectivity index (χ0v) is 20.3. The molecule has 0 saturated heterocycles. The number of fused-ring (bicyclic) bond motifs is 1. The molecule has 39 heavy (non-hydrogen) atoms. The van der Waals surface area contributed by atoms with Gasteiger partial charge in [-0.2, -0.15) is 5.10 Å². The van der Waals surface area contributed by atoms with Crippen molar-refractivity contribution in [2.45, 2.75) is 0 Å². The molecule has 0 fully saturated rings. The molecule has 0 spiro atoms. The monoisotopic (exact) mass is 523 g/mol. The van der Waals surface area contributed by atoms with Gasteiger partial charge in [0, 0.05) is 5.56 Å². The Kier molecular flexibility index (Phi) is 7.45. The second-order valence-corrected chi connectivity index (χ2v) is 8.13. The number of hydrazone groups is 1. The van der Waals surface area contributed by atoms with Gasteiger partial charge in [0.25, 0.3) is 11.8 Å². The van der Waals surface area contributed by atoms with E-state index in [0.29, 0.717) is 33.9 Å². The summed E-state index contributed by atoms with van der Waals surface area (Å²) in [5.74, 6) is -0.180. The Morgan fingerprint density at radius 2 is 1.62 bits per heavy atom. The number of esters is 1. The highest BCUT2D eigenvalue weighted by Gasteiger charge is 2.17. The van der Waals surface area contributed by atoms with Gasteiger partial charge in [0.15, 0.2) is 11.5 Å². The number of nitrogens with one attached hydrogen (secondary N) is 2. The number of nitrogens with zero attached hydrogens (tertiary/aromatic N) is 1. The molecule has 10 heteroatoms. The van der Waals surface area contributed by atoms with Gasteiger partial charge < -0.3 is 23.9 Å². The maximum absolute atomic E-state index is 13.0. The molecule has 1 aromatic heterocycles. The largest absolute Gasteiger partial charge is 0.457 e. The lowest BCUT2D eigenvalue weighted by atomic mass is 10.1. The zero-order chi connectivity index (χ0) is 27.0. The minimum atomic E-state index is -0.641. The summed E-state index contributed by atoms with van der Waals surface area (Å²) in [7, 11) is 0. The summed E-state index contributed by atoms with van der Waals surface area (Å²) in [6.45, 7) is 0.114. The van der Waals surface area contributed by atoms with Gasteiger partial charge in [-0.3, -0.25) is 9.59 Å². The molecule has 1 aliphatic heterocycles. The van der Waals surface area contributed by atoms with E-state index in [1.807, 2.05) is 0 Å². The van der Waals surface area contributed by atoms with Gasteiger partial charge in [-0.25, -0.2) is 10.2 Å². The lowest BCUT2D eigenvalue weighted by molar-refractivity contribution is -0.117. The van der Waals surface area contributed by atoms with Gasteiger partial charge in [0.05, 0.1) is 12.5 Å². The van der Waals surface area contributed by atoms with Crippen molar-refractivity contribution in [1.82, 2.24) is 10.7 Å². The smallest absolute Gasteiger partial charge is 0.379 e. The summed E-state index contributed by atoms with van der Waals surface area (Å²) in [4.78, 5) is 37.7. The topological polar surface area (TPSA) is 128 Å². The van der Waals surface area contributed by atoms with Gasteiger partial charge in [-0.15, -0.1) is 0 Å². The van der Waals surface area contributed by atoms with Crippen LogP contribution in [0.3, 0.4) is 0 Å². The van der Waals surface area contributed by atoms with Crippen molar-refractivity contribution in [2.24, 2.45) is 5.10 Å². The van der Waals surface area contributed by atoms with E-state index in [1.54, 1.807) is 78.9 Å². The normalized spacial score (nSPS) is 12.3. The highest BCUT2D eigenvalue weighted by Crippen LogP contribution is 2.33. The number of benzene rings is 3. The number of ether oxygens (including phenoxy) is 3. The molecule has 0 atom stereocenters. The first-order chi connectivity index (χ1) is 19.0. The van der Waals surface area contributed by atoms with Crippen LogP contribution in [0.2, 0.25) is 0 Å². The summed E-state index contributed by atoms with van der Waals surface area (Å²) < 4.78 is 21.0. The number of hydrogen-bond acceptors (Lipinski definition) is 8. The summed E-state index contributed by atoms with van der Waals surface area (Å²) in [5, 5.41) is 6.63. The zero-order valence-electron chi connectivity index (χ0n) is 20.3. The van der Waals surface area contributed by atoms with E-state index < -0.39 is 17.8 Å². The Labute approximate surface area is 222 Å². The fraction of sp³-hybridized carbons (Fsp3) is 0.0345. The van der Waals surface area contributed by atoms with Crippen molar-refractivity contribution >= 4 is 30.1 Å². The van der Waals surface area contributed by atoms with Crippen LogP contribution in [0.1, 0.15) is 32.0 Å². The number of carbonyl (C=O) groups is 3. The van der Waals surface area contributed by atoms with E-state index in [9.17, 15) is 14.4 Å². The van der Waals surface area contributed by atoms with Gasteiger partial charge in [0.1, 0.15) is 11.4 Å². The SMILES string of the molecule is O=C(N/N=C/c1ccc(OC(=O)c2ccco2)cc1)/C(=C\c1ccc2c(c1)OCO2)NC(=O)c1ccccc1. The van der Waals surface area contributed by atoms with E-state index in [1.165, 1.54) is 24.6 Å². The summed E-state index contributed by atoms with van der Waals surface area (Å²) >= 11 is 0. The molecule has 0 aliphatic carbocycles. The summed E-state index contributed by atoms with van der Waals surface area (Å²) in [5.41, 5.74) is 4.02. The van der Waals surface area contributed by atoms with Gasteiger partial charge in [-0.05, 0) is 77.9 Å². The first kappa shape index (κ1) is 25.0. The Bertz CT molecular complexity index is 1540. The summed E-state index contributed by atoms with van der Waals surface area (Å²) in [6.07, 6.45) is 4.30. The fourth-order valence-corrected chi connectivity index (χ4v) is 3.51. The van der Waals surface area contributed by atoms with Crippen LogP contribution in [0.4, 0.5) is 0 Å². The van der Waals surface area contributed by atoms with Crippen LogP contribution >= 0.6 is 0 Å². The Morgan fingerprint density at radius 3 is 2.38 bits per heavy atom. The average Bonchev–Trinajstić information content (AvgIpc) is 3.66. The Balaban J connectivity index is 1.27. The van der Waals surface area contributed by atoms with Crippen LogP contribution in [0.5, 0.6) is 17.2 Å². The fourth-order valence-electron chi connectivity index (χ4n) is 3.51. The third-order valence-electron chi connectivity index (χ3n) is 5.43. The van der Waals surface area contributed by atoms with Crippen molar-refractivity contribution in [3.8, 4) is 17.2 Å². The third-order valence-corrected chi connectivity index (χ3v) is 5.43. The minimum Gasteiger partial charge on any atom is -0.457 e. The molecule has 2 N–H and O–H groups in total. The first-order valence-corrected chi connectivity index (χ1v) is 11.7. The van der Waals surface area contributed by atoms with Crippen molar-refractivity contribution in [2.75, 3.05) is 6.79 Å². The van der Waals surface area contributed by atoms with Crippen molar-refractivity contribution in [3.63, 3.8) is 0 Å². The van der Waals surface area contributed by atoms with E-state index >= 15 is 0 Å². The highest BCUT2D eigenvalue weighted by molar-refractivity contribution is 6.05. The quantitative estimate of drug-likeness (QED) is 0.117. The lowest BCUT2D eigenvalue weighted by Crippen LogP contribution is -2.32. The minimum absolute atomic E-state index is 0.0277. The van der Waals surface area contributed by atoms with E-state index in [-0.39, 0.29) is 18.3 Å². The number of amides is 2. The van der Waals surface area contributed by atoms with Gasteiger partial charge >= 0.3 is 5.97 Å². The van der Waals surface area contributed by atoms with Gasteiger partial charge in [-0.1, -0.05) is 24.3 Å². The van der Waals surface area contributed by atoms with Crippen LogP contribution in [-0.2, 0) is 4.79 Å². The number of furan rings is 1. The maximum atomic E-state index is 13.0. The van der Waals surface area contributed by atoms with Crippen molar-refractivity contribution in [1.29, 1.82) is 0 Å². The Morgan fingerprint density at radius 1 is 0.846 bits per heavy atom. The lowest BCUT2D eigenvalue weighted by Gasteiger charge is -2.09. The van der Waals surface area contributed by atoms with Crippen LogP contribution in [0, 0.1) is 0 Å². The molecule has 0 unspecified atom stereocenters. The van der Waals surface area contributed by atoms with Crippen molar-refractivity contribution in [3.05, 3.63) is 119 Å². The van der Waals surface area contributed by atoms with E-state index in [2.05, 4.69) is 15.8 Å². The molecule has 194 valence electrons. The molecule has 4 aromatic rings.